The Morgan fingerprint density at radius 3 is 2.00 bits per heavy atom. The van der Waals surface area contributed by atoms with Gasteiger partial charge >= 0.3 is 5.97 Å². The minimum absolute atomic E-state index is 0.130. The molecule has 3 atom stereocenters. The van der Waals surface area contributed by atoms with Gasteiger partial charge in [-0.1, -0.05) is 6.08 Å². The Labute approximate surface area is 96.0 Å². The number of carbonyl (C=O) groups is 1. The molecule has 0 saturated carbocycles. The van der Waals surface area contributed by atoms with E-state index in [1.165, 1.54) is 11.8 Å². The predicted octanol–water partition coefficient (Wildman–Crippen LogP) is 0.775. The molecular weight excluding hydrogens is 210 g/mol. The van der Waals surface area contributed by atoms with E-state index in [4.69, 9.17) is 5.11 Å². The summed E-state index contributed by atoms with van der Waals surface area (Å²) < 4.78 is 0. The third-order valence-electron chi connectivity index (χ3n) is 2.47. The zero-order valence-corrected chi connectivity index (χ0v) is 10.2. The van der Waals surface area contributed by atoms with E-state index in [2.05, 4.69) is 0 Å². The molecular formula is C11H21NO4. The van der Waals surface area contributed by atoms with Crippen molar-refractivity contribution >= 4 is 5.97 Å². The maximum atomic E-state index is 10.6. The minimum atomic E-state index is -0.951. The quantitative estimate of drug-likeness (QED) is 0.465. The standard InChI is InChI=1S/C11H21NO4/c1-7(11(15)16)5-6-8(2)12(9(3)13)10(4)14/h5,8-10,13-14H,6H2,1-4H3,(H,15,16). The van der Waals surface area contributed by atoms with Crippen LogP contribution in [-0.4, -0.2) is 44.7 Å². The average Bonchev–Trinajstić information content (AvgIpc) is 2.12. The van der Waals surface area contributed by atoms with Crippen molar-refractivity contribution in [3.63, 3.8) is 0 Å². The van der Waals surface area contributed by atoms with Crippen molar-refractivity contribution in [1.29, 1.82) is 0 Å². The molecule has 5 nitrogen and oxygen atoms in total. The maximum absolute atomic E-state index is 10.6. The van der Waals surface area contributed by atoms with Gasteiger partial charge in [-0.25, -0.2) is 4.79 Å². The van der Waals surface area contributed by atoms with Crippen LogP contribution in [0.5, 0.6) is 0 Å². The lowest BCUT2D eigenvalue weighted by Gasteiger charge is -2.33. The zero-order valence-electron chi connectivity index (χ0n) is 10.2. The van der Waals surface area contributed by atoms with E-state index in [0.717, 1.165) is 0 Å². The topological polar surface area (TPSA) is 81.0 Å². The number of aliphatic hydroxyl groups excluding tert-OH is 2. The number of hydrogen-bond acceptors (Lipinski definition) is 4. The summed E-state index contributed by atoms with van der Waals surface area (Å²) in [6.07, 6.45) is 0.515. The zero-order chi connectivity index (χ0) is 12.9. The van der Waals surface area contributed by atoms with Gasteiger partial charge in [0.2, 0.25) is 0 Å². The first-order valence-corrected chi connectivity index (χ1v) is 5.31. The largest absolute Gasteiger partial charge is 0.478 e. The molecule has 0 aromatic carbocycles. The fourth-order valence-electron chi connectivity index (χ4n) is 1.61. The molecule has 0 fully saturated rings. The molecule has 0 saturated heterocycles. The number of aliphatic carboxylic acids is 1. The van der Waals surface area contributed by atoms with Gasteiger partial charge in [0.25, 0.3) is 0 Å². The van der Waals surface area contributed by atoms with Crippen LogP contribution in [0.3, 0.4) is 0 Å². The Hall–Kier alpha value is -0.910. The SMILES string of the molecule is CC(=CCC(C)N(C(C)O)C(C)O)C(=O)O. The fraction of sp³-hybridized carbons (Fsp3) is 0.727. The number of carboxylic acids is 1. The first-order chi connectivity index (χ1) is 7.27. The highest BCUT2D eigenvalue weighted by Crippen LogP contribution is 2.12. The molecule has 0 aliphatic carbocycles. The van der Waals surface area contributed by atoms with Crippen molar-refractivity contribution < 1.29 is 20.1 Å². The fourth-order valence-corrected chi connectivity index (χ4v) is 1.61. The molecule has 0 radical (unpaired) electrons. The third-order valence-corrected chi connectivity index (χ3v) is 2.47. The second-order valence-electron chi connectivity index (χ2n) is 3.99. The Balaban J connectivity index is 4.49. The number of hydrogen-bond donors (Lipinski definition) is 3. The van der Waals surface area contributed by atoms with Gasteiger partial charge in [-0.2, -0.15) is 0 Å². The molecule has 5 heteroatoms. The smallest absolute Gasteiger partial charge is 0.330 e. The second-order valence-corrected chi connectivity index (χ2v) is 3.99. The van der Waals surface area contributed by atoms with Crippen LogP contribution in [0, 0.1) is 0 Å². The maximum Gasteiger partial charge on any atom is 0.330 e. The van der Waals surface area contributed by atoms with E-state index in [1.54, 1.807) is 19.9 Å². The number of nitrogens with zero attached hydrogens (tertiary/aromatic N) is 1. The number of rotatable bonds is 6. The second kappa shape index (κ2) is 6.62. The van der Waals surface area contributed by atoms with Crippen LogP contribution in [0.2, 0.25) is 0 Å². The van der Waals surface area contributed by atoms with Crippen molar-refractivity contribution in [1.82, 2.24) is 4.90 Å². The van der Waals surface area contributed by atoms with E-state index in [1.807, 2.05) is 6.92 Å². The highest BCUT2D eigenvalue weighted by Gasteiger charge is 2.21. The molecule has 16 heavy (non-hydrogen) atoms. The highest BCUT2D eigenvalue weighted by atomic mass is 16.4. The summed E-state index contributed by atoms with van der Waals surface area (Å²) >= 11 is 0. The van der Waals surface area contributed by atoms with Gasteiger partial charge in [0, 0.05) is 11.6 Å². The molecule has 0 aliphatic heterocycles. The molecule has 0 heterocycles. The summed E-state index contributed by atoms with van der Waals surface area (Å²) in [5, 5.41) is 27.6. The minimum Gasteiger partial charge on any atom is -0.478 e. The molecule has 0 aromatic heterocycles. The van der Waals surface area contributed by atoms with Gasteiger partial charge in [0.1, 0.15) is 12.5 Å². The molecule has 0 rings (SSSR count). The molecule has 3 N–H and O–H groups in total. The van der Waals surface area contributed by atoms with E-state index in [9.17, 15) is 15.0 Å². The summed E-state index contributed by atoms with van der Waals surface area (Å²) in [7, 11) is 0. The van der Waals surface area contributed by atoms with E-state index in [0.29, 0.717) is 6.42 Å². The lowest BCUT2D eigenvalue weighted by atomic mass is 10.1. The summed E-state index contributed by atoms with van der Waals surface area (Å²) in [5.41, 5.74) is 0.267. The molecule has 0 aliphatic rings. The summed E-state index contributed by atoms with van der Waals surface area (Å²) in [5.74, 6) is -0.951. The Kier molecular flexibility index (Phi) is 6.25. The van der Waals surface area contributed by atoms with Crippen molar-refractivity contribution in [2.75, 3.05) is 0 Å². The first kappa shape index (κ1) is 15.1. The lowest BCUT2D eigenvalue weighted by molar-refractivity contribution is -0.132. The van der Waals surface area contributed by atoms with Crippen LogP contribution >= 0.6 is 0 Å². The molecule has 94 valence electrons. The summed E-state index contributed by atoms with van der Waals surface area (Å²) in [6, 6.07) is -0.130. The van der Waals surface area contributed by atoms with Gasteiger partial charge in [0.15, 0.2) is 0 Å². The summed E-state index contributed by atoms with van der Waals surface area (Å²) in [6.45, 7) is 6.48. The number of aliphatic hydroxyl groups is 2. The molecule has 3 unspecified atom stereocenters. The van der Waals surface area contributed by atoms with Crippen molar-refractivity contribution in [3.05, 3.63) is 11.6 Å². The average molecular weight is 231 g/mol. The molecule has 0 aromatic rings. The normalized spacial score (nSPS) is 18.3. The Morgan fingerprint density at radius 1 is 1.25 bits per heavy atom. The van der Waals surface area contributed by atoms with Crippen molar-refractivity contribution in [2.45, 2.75) is 52.6 Å². The van der Waals surface area contributed by atoms with Gasteiger partial charge < -0.3 is 15.3 Å². The predicted molar refractivity (Wildman–Crippen MR) is 60.7 cm³/mol. The van der Waals surface area contributed by atoms with Crippen molar-refractivity contribution in [2.24, 2.45) is 0 Å². The van der Waals surface area contributed by atoms with Crippen LogP contribution in [-0.2, 0) is 4.79 Å². The highest BCUT2D eigenvalue weighted by molar-refractivity contribution is 5.85. The van der Waals surface area contributed by atoms with Gasteiger partial charge in [0.05, 0.1) is 0 Å². The number of carboxylic acid groups (broad SMARTS) is 1. The molecule has 0 spiro atoms. The van der Waals surface area contributed by atoms with Gasteiger partial charge in [-0.15, -0.1) is 0 Å². The summed E-state index contributed by atoms with van der Waals surface area (Å²) in [4.78, 5) is 12.1. The van der Waals surface area contributed by atoms with Crippen molar-refractivity contribution in [3.8, 4) is 0 Å². The van der Waals surface area contributed by atoms with Gasteiger partial charge in [-0.3, -0.25) is 4.90 Å². The van der Waals surface area contributed by atoms with Crippen LogP contribution in [0.4, 0.5) is 0 Å². The van der Waals surface area contributed by atoms with E-state index < -0.39 is 18.4 Å². The van der Waals surface area contributed by atoms with Crippen LogP contribution in [0.25, 0.3) is 0 Å². The Bertz CT molecular complexity index is 253. The molecule has 0 amide bonds. The monoisotopic (exact) mass is 231 g/mol. The first-order valence-electron chi connectivity index (χ1n) is 5.31. The Morgan fingerprint density at radius 2 is 1.69 bits per heavy atom. The van der Waals surface area contributed by atoms with E-state index >= 15 is 0 Å². The van der Waals surface area contributed by atoms with Crippen LogP contribution < -0.4 is 0 Å². The van der Waals surface area contributed by atoms with Gasteiger partial charge in [-0.05, 0) is 34.1 Å². The van der Waals surface area contributed by atoms with Crippen LogP contribution in [0.1, 0.15) is 34.1 Å². The lowest BCUT2D eigenvalue weighted by Crippen LogP contribution is -2.45. The molecule has 0 bridgehead atoms. The third kappa shape index (κ3) is 4.74. The van der Waals surface area contributed by atoms with Crippen LogP contribution in [0.15, 0.2) is 11.6 Å². The van der Waals surface area contributed by atoms with E-state index in [-0.39, 0.29) is 11.6 Å².